The number of esters is 1. The van der Waals surface area contributed by atoms with Crippen LogP contribution in [0.4, 0.5) is 0 Å². The van der Waals surface area contributed by atoms with Crippen LogP contribution in [0.5, 0.6) is 5.75 Å². The molecular weight excluding hydrogens is 220 g/mol. The van der Waals surface area contributed by atoms with Gasteiger partial charge in [0.1, 0.15) is 5.75 Å². The number of para-hydroxylation sites is 1. The van der Waals surface area contributed by atoms with Gasteiger partial charge >= 0.3 is 5.97 Å². The van der Waals surface area contributed by atoms with Gasteiger partial charge in [-0.2, -0.15) is 0 Å². The van der Waals surface area contributed by atoms with Gasteiger partial charge in [0.05, 0.1) is 12.7 Å². The van der Waals surface area contributed by atoms with Crippen molar-refractivity contribution in [1.29, 1.82) is 0 Å². The third-order valence-electron chi connectivity index (χ3n) is 2.29. The van der Waals surface area contributed by atoms with E-state index in [0.29, 0.717) is 17.9 Å². The molecule has 0 aliphatic carbocycles. The summed E-state index contributed by atoms with van der Waals surface area (Å²) in [5.74, 6) is 0.0935. The molecule has 2 atom stereocenters. The van der Waals surface area contributed by atoms with Crippen LogP contribution >= 0.6 is 0 Å². The predicted molar refractivity (Wildman–Crippen MR) is 63.8 cm³/mol. The van der Waals surface area contributed by atoms with Crippen LogP contribution in [0.1, 0.15) is 32.4 Å². The molecule has 4 nitrogen and oxygen atoms in total. The van der Waals surface area contributed by atoms with Crippen LogP contribution in [-0.4, -0.2) is 23.8 Å². The van der Waals surface area contributed by atoms with E-state index < -0.39 is 18.2 Å². The molecule has 1 aromatic carbocycles. The van der Waals surface area contributed by atoms with E-state index in [2.05, 4.69) is 0 Å². The normalized spacial score (nSPS) is 13.9. The standard InChI is InChI=1S/C13H18O4/c1-4-16-13(15)10(3)17-12-8-6-5-7-11(12)9(2)14/h5-10,14H,4H2,1-3H3. The van der Waals surface area contributed by atoms with Gasteiger partial charge in [0.15, 0.2) is 6.10 Å². The highest BCUT2D eigenvalue weighted by atomic mass is 16.6. The second kappa shape index (κ2) is 6.25. The molecule has 17 heavy (non-hydrogen) atoms. The molecule has 0 saturated heterocycles. The third kappa shape index (κ3) is 3.75. The summed E-state index contributed by atoms with van der Waals surface area (Å²) in [4.78, 5) is 11.4. The minimum atomic E-state index is -0.685. The van der Waals surface area contributed by atoms with Gasteiger partial charge in [-0.25, -0.2) is 4.79 Å². The first-order valence-corrected chi connectivity index (χ1v) is 5.66. The zero-order valence-corrected chi connectivity index (χ0v) is 10.3. The van der Waals surface area contributed by atoms with Gasteiger partial charge in [0, 0.05) is 5.56 Å². The van der Waals surface area contributed by atoms with Gasteiger partial charge in [0.25, 0.3) is 0 Å². The van der Waals surface area contributed by atoms with Gasteiger partial charge in [-0.15, -0.1) is 0 Å². The van der Waals surface area contributed by atoms with Gasteiger partial charge in [-0.3, -0.25) is 0 Å². The molecule has 0 fully saturated rings. The van der Waals surface area contributed by atoms with Gasteiger partial charge < -0.3 is 14.6 Å². The molecule has 0 radical (unpaired) electrons. The molecule has 94 valence electrons. The fourth-order valence-electron chi connectivity index (χ4n) is 1.43. The summed E-state index contributed by atoms with van der Waals surface area (Å²) >= 11 is 0. The molecule has 0 amide bonds. The van der Waals surface area contributed by atoms with Crippen molar-refractivity contribution in [2.24, 2.45) is 0 Å². The van der Waals surface area contributed by atoms with E-state index in [4.69, 9.17) is 9.47 Å². The fourth-order valence-corrected chi connectivity index (χ4v) is 1.43. The Hall–Kier alpha value is -1.55. The molecule has 0 aliphatic heterocycles. The van der Waals surface area contributed by atoms with Crippen LogP contribution in [0.25, 0.3) is 0 Å². The minimum absolute atomic E-state index is 0.324. The molecule has 2 unspecified atom stereocenters. The Morgan fingerprint density at radius 2 is 2.00 bits per heavy atom. The van der Waals surface area contributed by atoms with Crippen molar-refractivity contribution in [1.82, 2.24) is 0 Å². The highest BCUT2D eigenvalue weighted by molar-refractivity contribution is 5.74. The van der Waals surface area contributed by atoms with Crippen LogP contribution in [0.3, 0.4) is 0 Å². The first kappa shape index (κ1) is 13.5. The number of benzene rings is 1. The smallest absolute Gasteiger partial charge is 0.347 e. The molecule has 4 heteroatoms. The van der Waals surface area contributed by atoms with Crippen LogP contribution in [0.2, 0.25) is 0 Å². The fraction of sp³-hybridized carbons (Fsp3) is 0.462. The number of ether oxygens (including phenoxy) is 2. The van der Waals surface area contributed by atoms with Crippen LogP contribution in [0.15, 0.2) is 24.3 Å². The number of aliphatic hydroxyl groups is 1. The van der Waals surface area contributed by atoms with Crippen molar-refractivity contribution in [2.75, 3.05) is 6.61 Å². The number of rotatable bonds is 5. The molecule has 0 saturated carbocycles. The summed E-state index contributed by atoms with van der Waals surface area (Å²) in [6.07, 6.45) is -1.32. The molecule has 0 heterocycles. The number of hydrogen-bond acceptors (Lipinski definition) is 4. The molecule has 0 aromatic heterocycles. The average Bonchev–Trinajstić information content (AvgIpc) is 2.29. The predicted octanol–water partition coefficient (Wildman–Crippen LogP) is 2.07. The number of hydrogen-bond donors (Lipinski definition) is 1. The second-order valence-electron chi connectivity index (χ2n) is 3.73. The van der Waals surface area contributed by atoms with Crippen molar-refractivity contribution in [3.8, 4) is 5.75 Å². The van der Waals surface area contributed by atoms with Gasteiger partial charge in [-0.05, 0) is 26.8 Å². The van der Waals surface area contributed by atoms with Gasteiger partial charge in [0.2, 0.25) is 0 Å². The molecule has 1 N–H and O–H groups in total. The van der Waals surface area contributed by atoms with E-state index >= 15 is 0 Å². The molecular formula is C13H18O4. The monoisotopic (exact) mass is 238 g/mol. The Morgan fingerprint density at radius 3 is 2.59 bits per heavy atom. The Kier molecular flexibility index (Phi) is 4.97. The highest BCUT2D eigenvalue weighted by Gasteiger charge is 2.18. The number of carbonyl (C=O) groups is 1. The lowest BCUT2D eigenvalue weighted by molar-refractivity contribution is -0.150. The Bertz CT molecular complexity index is 373. The summed E-state index contributed by atoms with van der Waals surface area (Å²) in [6.45, 7) is 5.34. The molecule has 1 rings (SSSR count). The number of carbonyl (C=O) groups excluding carboxylic acids is 1. The molecule has 0 aliphatic rings. The largest absolute Gasteiger partial charge is 0.479 e. The maximum Gasteiger partial charge on any atom is 0.347 e. The van der Waals surface area contributed by atoms with Crippen molar-refractivity contribution in [3.63, 3.8) is 0 Å². The summed E-state index contributed by atoms with van der Waals surface area (Å²) in [7, 11) is 0. The Labute approximate surface area is 101 Å². The topological polar surface area (TPSA) is 55.8 Å². The summed E-state index contributed by atoms with van der Waals surface area (Å²) in [5.41, 5.74) is 0.656. The molecule has 0 spiro atoms. The lowest BCUT2D eigenvalue weighted by Crippen LogP contribution is -2.26. The minimum Gasteiger partial charge on any atom is -0.479 e. The van der Waals surface area contributed by atoms with Crippen LogP contribution in [0, 0.1) is 0 Å². The lowest BCUT2D eigenvalue weighted by Gasteiger charge is -2.17. The van der Waals surface area contributed by atoms with Crippen molar-refractivity contribution in [3.05, 3.63) is 29.8 Å². The number of aliphatic hydroxyl groups excluding tert-OH is 1. The molecule has 1 aromatic rings. The maximum absolute atomic E-state index is 11.4. The first-order valence-electron chi connectivity index (χ1n) is 5.66. The third-order valence-corrected chi connectivity index (χ3v) is 2.29. The van der Waals surface area contributed by atoms with Crippen LogP contribution in [-0.2, 0) is 9.53 Å². The SMILES string of the molecule is CCOC(=O)C(C)Oc1ccccc1C(C)O. The zero-order valence-electron chi connectivity index (χ0n) is 10.3. The van der Waals surface area contributed by atoms with E-state index in [9.17, 15) is 9.90 Å². The first-order chi connectivity index (χ1) is 8.06. The van der Waals surface area contributed by atoms with E-state index in [1.807, 2.05) is 6.07 Å². The summed E-state index contributed by atoms with van der Waals surface area (Å²) in [5, 5.41) is 9.56. The average molecular weight is 238 g/mol. The maximum atomic E-state index is 11.4. The zero-order chi connectivity index (χ0) is 12.8. The highest BCUT2D eigenvalue weighted by Crippen LogP contribution is 2.25. The van der Waals surface area contributed by atoms with Crippen molar-refractivity contribution in [2.45, 2.75) is 33.0 Å². The molecule has 0 bridgehead atoms. The van der Waals surface area contributed by atoms with E-state index in [0.717, 1.165) is 0 Å². The van der Waals surface area contributed by atoms with E-state index in [-0.39, 0.29) is 0 Å². The van der Waals surface area contributed by atoms with E-state index in [1.54, 1.807) is 39.0 Å². The van der Waals surface area contributed by atoms with E-state index in [1.165, 1.54) is 0 Å². The summed E-state index contributed by atoms with van der Waals surface area (Å²) in [6, 6.07) is 7.08. The van der Waals surface area contributed by atoms with Crippen LogP contribution < -0.4 is 4.74 Å². The quantitative estimate of drug-likeness (QED) is 0.798. The lowest BCUT2D eigenvalue weighted by atomic mass is 10.1. The Morgan fingerprint density at radius 1 is 1.35 bits per heavy atom. The van der Waals surface area contributed by atoms with Crippen molar-refractivity contribution >= 4 is 5.97 Å². The van der Waals surface area contributed by atoms with Gasteiger partial charge in [-0.1, -0.05) is 18.2 Å². The second-order valence-corrected chi connectivity index (χ2v) is 3.73. The Balaban J connectivity index is 2.77. The summed E-state index contributed by atoms with van der Waals surface area (Å²) < 4.78 is 10.3. The van der Waals surface area contributed by atoms with Crippen molar-refractivity contribution < 1.29 is 19.4 Å².